The summed E-state index contributed by atoms with van der Waals surface area (Å²) in [5.74, 6) is -6.52. The van der Waals surface area contributed by atoms with Gasteiger partial charge in [-0.2, -0.15) is 39.5 Å². The quantitative estimate of drug-likeness (QED) is 0.00726. The number of fused-ring (bicyclic) bond motifs is 3. The van der Waals surface area contributed by atoms with Gasteiger partial charge in [0.25, 0.3) is 11.8 Å². The molecule has 9 N–H and O–H groups in total. The van der Waals surface area contributed by atoms with Gasteiger partial charge in [-0.25, -0.2) is 57.5 Å². The molecule has 6 aromatic rings. The third-order valence-electron chi connectivity index (χ3n) is 14.7. The average molecular weight is 1800 g/mol. The summed E-state index contributed by atoms with van der Waals surface area (Å²) in [7, 11) is 13.8. The number of amides is 10. The van der Waals surface area contributed by atoms with Gasteiger partial charge < -0.3 is 105 Å². The number of esters is 1. The molecule has 1 saturated heterocycles. The van der Waals surface area contributed by atoms with Crippen molar-refractivity contribution in [2.45, 2.75) is 134 Å². The van der Waals surface area contributed by atoms with E-state index in [4.69, 9.17) is 14.7 Å². The van der Waals surface area contributed by atoms with Crippen LogP contribution in [0.15, 0.2) is 54.6 Å². The van der Waals surface area contributed by atoms with Crippen LogP contribution in [0.4, 0.5) is 77.9 Å². The molecule has 47 nitrogen and oxygen atoms in total. The Bertz CT molecular complexity index is 4400. The van der Waals surface area contributed by atoms with E-state index in [0.29, 0.717) is 93.0 Å². The number of methoxy groups -OCH3 is 8. The van der Waals surface area contributed by atoms with E-state index in [0.717, 1.165) is 63.8 Å². The van der Waals surface area contributed by atoms with Crippen LogP contribution in [0.3, 0.4) is 0 Å². The Morgan fingerprint density at radius 2 is 0.710 bits per heavy atom. The maximum absolute atomic E-state index is 12.9. The molecule has 3 atom stereocenters. The highest BCUT2D eigenvalue weighted by molar-refractivity contribution is 6.30. The lowest BCUT2D eigenvalue weighted by Gasteiger charge is -2.24. The van der Waals surface area contributed by atoms with Crippen molar-refractivity contribution in [2.24, 2.45) is 0 Å². The summed E-state index contributed by atoms with van der Waals surface area (Å²) in [5, 5.41) is 47.4. The SMILES string of the molecule is CNC(=O)C(CCCCNC(=O)OC)NC(=O)OC.CNC(=O)OC.CO.COC(=O)NCCCCC(NC(=O)OC)C(=O)OC(C)(C)C.COC(=O)NCCCCC(NC(=O)OC)C(=O)ON1C(=O)CCC1=O.COC(=O)On1nnc2ccc(C(F)(F)F)cc21.O=C(On1nnc2ccc(C(F)(F)F)cc21)C(=O)On1nnc2ccc(C(F)(F)F)cc21. The number of alkyl carbamates (subject to hydrolysis) is 7. The van der Waals surface area contributed by atoms with Gasteiger partial charge in [0.1, 0.15) is 56.8 Å². The molecule has 3 aromatic carbocycles. The number of unbranched alkanes of at least 4 members (excludes halogenated alkanes) is 3. The number of hydrogen-bond donors (Lipinski definition) is 9. The first-order valence-electron chi connectivity index (χ1n) is 35.5. The van der Waals surface area contributed by atoms with Gasteiger partial charge in [-0.05, 0) is 149 Å². The number of imide groups is 1. The van der Waals surface area contributed by atoms with Crippen LogP contribution in [0.2, 0.25) is 0 Å². The Balaban J connectivity index is 0.000000769. The number of hydrogen-bond acceptors (Lipinski definition) is 35. The Kier molecular flexibility index (Phi) is 47.1. The molecule has 56 heteroatoms. The van der Waals surface area contributed by atoms with E-state index in [9.17, 15) is 111 Å². The van der Waals surface area contributed by atoms with Gasteiger partial charge >= 0.3 is 91.2 Å². The zero-order chi connectivity index (χ0) is 94.3. The lowest BCUT2D eigenvalue weighted by Crippen LogP contribution is -2.45. The van der Waals surface area contributed by atoms with Crippen LogP contribution in [0.5, 0.6) is 0 Å². The number of carbonyl (C=O) groups excluding carboxylic acids is 15. The van der Waals surface area contributed by atoms with Gasteiger partial charge in [-0.1, -0.05) is 14.5 Å². The summed E-state index contributed by atoms with van der Waals surface area (Å²) in [6.07, 6.45) is -14.8. The molecule has 0 spiro atoms. The Morgan fingerprint density at radius 3 is 0.992 bits per heavy atom. The van der Waals surface area contributed by atoms with Crippen molar-refractivity contribution in [3.8, 4) is 0 Å². The standard InChI is InChI=1S/C16H6F6N6O4.C14H21N3O8.C14H26N2O6.C11H21N3O5.C9H6F3N3O3.C3H7NO2.CH4O/c17-15(18,19)7-1-3-9-11(5-7)27(25-23-9)31-13(29)14(30)32-28-12-6-8(16(20,21)22)2-4-10(12)24-26-28;1-23-13(21)15-8-4-3-5-9(16-14(22)24-2)12(20)25-17-10(18)6-7-11(17)19;1-14(2,3)22-11(17)10(16-13(19)21-5)8-6-7-9-15-12(18)20-4;1-12-9(15)8(14-11(17)19-3)6-4-5-7-13-10(16)18-2;1-17-8(16)18-15-7-4-5(9(10,11)12)2-3-6(7)13-14-15;1-4-3(5)6-2;1-2/h1-6H;9H,3-8H2,1-2H3,(H,15,21)(H,16,22);10H,6-9H2,1-5H3,(H,15,18)(H,16,19);8H,4-7H2,1-3H3,(H,12,15)(H,13,16)(H,14,17);2-4H,1H3;1-2H3,(H,4,5);2H,1H3. The van der Waals surface area contributed by atoms with Crippen LogP contribution in [0, 0.1) is 0 Å². The number of rotatable bonds is 25. The lowest BCUT2D eigenvalue weighted by atomic mass is 10.1. The first-order valence-corrected chi connectivity index (χ1v) is 35.5. The molecule has 1 aliphatic heterocycles. The van der Waals surface area contributed by atoms with Gasteiger partial charge in [0.05, 0.1) is 73.6 Å². The second kappa shape index (κ2) is 54.2. The van der Waals surface area contributed by atoms with Crippen LogP contribution in [0.25, 0.3) is 33.1 Å². The van der Waals surface area contributed by atoms with Crippen molar-refractivity contribution >= 4 is 124 Å². The zero-order valence-electron chi connectivity index (χ0n) is 68.6. The summed E-state index contributed by atoms with van der Waals surface area (Å²) >= 11 is 0. The maximum atomic E-state index is 12.9. The summed E-state index contributed by atoms with van der Waals surface area (Å²) in [5.41, 5.74) is -4.59. The van der Waals surface area contributed by atoms with E-state index in [1.165, 1.54) is 56.8 Å². The molecule has 1 aliphatic rings. The van der Waals surface area contributed by atoms with Crippen molar-refractivity contribution in [2.75, 3.05) is 97.7 Å². The molecule has 10 amide bonds. The van der Waals surface area contributed by atoms with E-state index < -0.39 is 143 Å². The summed E-state index contributed by atoms with van der Waals surface area (Å²) in [6.45, 7) is 6.44. The minimum absolute atomic E-state index is 0.0274. The number of nitrogens with one attached hydrogen (secondary N) is 8. The summed E-state index contributed by atoms with van der Waals surface area (Å²) < 4.78 is 155. The van der Waals surface area contributed by atoms with Crippen LogP contribution in [-0.2, 0) is 99.6 Å². The molecule has 1 fully saturated rings. The van der Waals surface area contributed by atoms with Crippen molar-refractivity contribution in [3.63, 3.8) is 0 Å². The van der Waals surface area contributed by atoms with Crippen LogP contribution in [-0.4, -0.2) is 267 Å². The fourth-order valence-electron chi connectivity index (χ4n) is 8.80. The second-order valence-corrected chi connectivity index (χ2v) is 24.5. The predicted octanol–water partition coefficient (Wildman–Crippen LogP) is 4.46. The van der Waals surface area contributed by atoms with E-state index in [1.54, 1.807) is 20.8 Å². The number of halogens is 9. The molecule has 7 rings (SSSR count). The third-order valence-corrected chi connectivity index (χ3v) is 14.7. The molecule has 3 aromatic heterocycles. The fourth-order valence-corrected chi connectivity index (χ4v) is 8.80. The number of likely N-dealkylation sites (N-methyl/N-ethyl adjacent to an activating group) is 1. The molecule has 690 valence electrons. The Morgan fingerprint density at radius 1 is 0.403 bits per heavy atom. The van der Waals surface area contributed by atoms with Crippen LogP contribution < -0.4 is 57.0 Å². The second-order valence-electron chi connectivity index (χ2n) is 24.5. The first-order chi connectivity index (χ1) is 58.3. The normalized spacial score (nSPS) is 12.0. The van der Waals surface area contributed by atoms with Gasteiger partial charge in [-0.15, -0.1) is 20.4 Å². The number of nitrogens with zero attached hydrogens (tertiary/aromatic N) is 10. The van der Waals surface area contributed by atoms with Gasteiger partial charge in [0, 0.05) is 53.7 Å². The molecule has 4 heterocycles. The van der Waals surface area contributed by atoms with Gasteiger partial charge in [0.2, 0.25) is 5.91 Å². The molecule has 3 unspecified atom stereocenters. The number of benzene rings is 3. The molecule has 0 bridgehead atoms. The van der Waals surface area contributed by atoms with Crippen LogP contribution >= 0.6 is 0 Å². The molecular formula is C68H91F9N18O29. The Labute approximate surface area is 695 Å². The number of ether oxygens (including phenoxy) is 9. The number of hydroxylamine groups is 2. The van der Waals surface area contributed by atoms with Gasteiger partial charge in [0.15, 0.2) is 0 Å². The molecule has 0 radical (unpaired) electrons. The predicted molar refractivity (Wildman–Crippen MR) is 397 cm³/mol. The largest absolute Gasteiger partial charge is 0.534 e. The van der Waals surface area contributed by atoms with Crippen LogP contribution in [0.1, 0.15) is 108 Å². The molecule has 0 saturated carbocycles. The highest BCUT2D eigenvalue weighted by Gasteiger charge is 2.38. The highest BCUT2D eigenvalue weighted by Crippen LogP contribution is 2.33. The lowest BCUT2D eigenvalue weighted by molar-refractivity contribution is -0.199. The van der Waals surface area contributed by atoms with Crippen molar-refractivity contribution in [1.82, 2.24) is 93.1 Å². The van der Waals surface area contributed by atoms with Crippen molar-refractivity contribution in [1.29, 1.82) is 0 Å². The monoisotopic (exact) mass is 1790 g/mol. The van der Waals surface area contributed by atoms with Crippen molar-refractivity contribution < 1.29 is 179 Å². The summed E-state index contributed by atoms with van der Waals surface area (Å²) in [4.78, 5) is 189. The molecule has 0 aliphatic carbocycles. The minimum atomic E-state index is -4.71. The smallest absolute Gasteiger partial charge is 0.458 e. The van der Waals surface area contributed by atoms with Gasteiger partial charge in [-0.3, -0.25) is 19.2 Å². The Hall–Kier alpha value is -14.2. The molecular weight excluding hydrogens is 1700 g/mol. The zero-order valence-corrected chi connectivity index (χ0v) is 68.6. The number of aromatic nitrogens is 9. The first kappa shape index (κ1) is 108. The number of carbonyl (C=O) groups is 15. The van der Waals surface area contributed by atoms with E-state index in [1.807, 2.05) is 0 Å². The van der Waals surface area contributed by atoms with E-state index in [2.05, 4.69) is 126 Å². The van der Waals surface area contributed by atoms with E-state index in [-0.39, 0.29) is 68.0 Å². The molecule has 124 heavy (non-hydrogen) atoms. The highest BCUT2D eigenvalue weighted by atomic mass is 19.4. The topological polar surface area (TPSA) is 588 Å². The fraction of sp³-hybridized carbons (Fsp3) is 0.515. The van der Waals surface area contributed by atoms with E-state index >= 15 is 0 Å². The number of aliphatic hydroxyl groups is 1. The average Bonchev–Trinajstić information content (AvgIpc) is 1.75. The minimum Gasteiger partial charge on any atom is -0.458 e. The maximum Gasteiger partial charge on any atom is 0.534 e. The number of aliphatic hydroxyl groups excluding tert-OH is 1. The third kappa shape index (κ3) is 39.8. The van der Waals surface area contributed by atoms with Crippen molar-refractivity contribution in [3.05, 3.63) is 71.3 Å². The number of alkyl halides is 9. The summed E-state index contributed by atoms with van der Waals surface area (Å²) in [6, 6.07) is 4.77.